The Kier molecular flexibility index (Phi) is 3.95. The highest BCUT2D eigenvalue weighted by molar-refractivity contribution is 7.47. The molecule has 0 saturated carbocycles. The summed E-state index contributed by atoms with van der Waals surface area (Å²) in [6.07, 6.45) is 0. The summed E-state index contributed by atoms with van der Waals surface area (Å²) in [5.41, 5.74) is 0. The van der Waals surface area contributed by atoms with Crippen molar-refractivity contribution in [2.24, 2.45) is 0 Å². The molecule has 12 heavy (non-hydrogen) atoms. The fourth-order valence-corrected chi connectivity index (χ4v) is 2.91. The molecule has 0 amide bonds. The lowest BCUT2D eigenvalue weighted by Gasteiger charge is -2.30. The highest BCUT2D eigenvalue weighted by Gasteiger charge is 2.36. The third-order valence-electron chi connectivity index (χ3n) is 1.61. The molecule has 0 aromatic heterocycles. The van der Waals surface area contributed by atoms with Gasteiger partial charge in [-0.2, -0.15) is 0 Å². The monoisotopic (exact) mass is 194 g/mol. The molecule has 0 aliphatic heterocycles. The van der Waals surface area contributed by atoms with Crippen molar-refractivity contribution in [2.45, 2.75) is 45.3 Å². The van der Waals surface area contributed by atoms with Crippen molar-refractivity contribution >= 4 is 7.80 Å². The van der Waals surface area contributed by atoms with Gasteiger partial charge in [0.15, 0.2) is 0 Å². The van der Waals surface area contributed by atoms with Gasteiger partial charge in [0.05, 0.1) is 0 Å². The minimum atomic E-state index is -2.16. The number of aliphatic hydroxyl groups is 1. The number of hydrogen-bond donors (Lipinski definition) is 1. The summed E-state index contributed by atoms with van der Waals surface area (Å²) in [7, 11) is -2.16. The molecule has 0 aliphatic rings. The molecule has 4 heteroatoms. The maximum atomic E-state index is 11.7. The molecule has 0 spiro atoms. The Bertz CT molecular complexity index is 170. The first-order valence-electron chi connectivity index (χ1n) is 4.13. The van der Waals surface area contributed by atoms with Crippen molar-refractivity contribution in [3.63, 3.8) is 0 Å². The van der Waals surface area contributed by atoms with Gasteiger partial charge in [0.2, 0.25) is 0 Å². The predicted molar refractivity (Wildman–Crippen MR) is 51.0 cm³/mol. The molecule has 0 saturated heterocycles. The molecule has 0 radical (unpaired) electrons. The van der Waals surface area contributed by atoms with Crippen LogP contribution in [-0.2, 0) is 9.30 Å². The smallest absolute Gasteiger partial charge is 0.135 e. The van der Waals surface area contributed by atoms with Crippen molar-refractivity contribution in [1.82, 2.24) is 0 Å². The molecular formula is C8H19O3P. The van der Waals surface area contributed by atoms with Crippen LogP contribution < -0.4 is 0 Å². The van der Waals surface area contributed by atoms with Crippen LogP contribution in [0.4, 0.5) is 0 Å². The van der Waals surface area contributed by atoms with Gasteiger partial charge < -0.3 is 14.4 Å². The summed E-state index contributed by atoms with van der Waals surface area (Å²) in [6, 6.07) is 0. The number of rotatable bonds is 4. The van der Waals surface area contributed by atoms with Crippen LogP contribution in [0.25, 0.3) is 0 Å². The van der Waals surface area contributed by atoms with Crippen LogP contribution in [0.2, 0.25) is 0 Å². The summed E-state index contributed by atoms with van der Waals surface area (Å²) in [6.45, 7) is 8.95. The van der Waals surface area contributed by atoms with Gasteiger partial charge in [-0.25, -0.2) is 0 Å². The standard InChI is InChI=1S/C8H19O3P/c1-6-11-8(4,5)12(10)7(2,3)9/h9,12H,6H2,1-5H3. The van der Waals surface area contributed by atoms with E-state index < -0.39 is 18.5 Å². The van der Waals surface area contributed by atoms with Gasteiger partial charge in [-0.05, 0) is 34.6 Å². The minimum absolute atomic E-state index is 0.513. The lowest BCUT2D eigenvalue weighted by atomic mass is 10.4. The number of ether oxygens (including phenoxy) is 1. The van der Waals surface area contributed by atoms with E-state index in [-0.39, 0.29) is 0 Å². The van der Waals surface area contributed by atoms with Gasteiger partial charge in [0.1, 0.15) is 18.5 Å². The van der Waals surface area contributed by atoms with Crippen molar-refractivity contribution in [1.29, 1.82) is 0 Å². The van der Waals surface area contributed by atoms with E-state index in [4.69, 9.17) is 4.74 Å². The van der Waals surface area contributed by atoms with E-state index in [1.54, 1.807) is 27.7 Å². The van der Waals surface area contributed by atoms with Gasteiger partial charge in [-0.3, -0.25) is 0 Å². The normalized spacial score (nSPS) is 16.2. The molecule has 0 heterocycles. The van der Waals surface area contributed by atoms with Crippen LogP contribution in [0.15, 0.2) is 0 Å². The molecule has 1 atom stereocenters. The Morgan fingerprint density at radius 1 is 1.33 bits per heavy atom. The second-order valence-corrected chi connectivity index (χ2v) is 6.92. The largest absolute Gasteiger partial charge is 0.383 e. The molecule has 0 aromatic carbocycles. The molecular weight excluding hydrogens is 175 g/mol. The third kappa shape index (κ3) is 3.26. The second-order valence-electron chi connectivity index (χ2n) is 3.83. The summed E-state index contributed by atoms with van der Waals surface area (Å²) < 4.78 is 17.0. The van der Waals surface area contributed by atoms with E-state index in [1.165, 1.54) is 0 Å². The predicted octanol–water partition coefficient (Wildman–Crippen LogP) is 2.05. The van der Waals surface area contributed by atoms with E-state index in [2.05, 4.69) is 0 Å². The first-order chi connectivity index (χ1) is 5.22. The highest BCUT2D eigenvalue weighted by Crippen LogP contribution is 2.48. The van der Waals surface area contributed by atoms with E-state index in [9.17, 15) is 9.67 Å². The van der Waals surface area contributed by atoms with Crippen LogP contribution in [0, 0.1) is 0 Å². The van der Waals surface area contributed by atoms with Crippen molar-refractivity contribution < 1.29 is 14.4 Å². The van der Waals surface area contributed by atoms with Crippen LogP contribution in [0.5, 0.6) is 0 Å². The van der Waals surface area contributed by atoms with Crippen LogP contribution in [0.3, 0.4) is 0 Å². The van der Waals surface area contributed by atoms with E-state index in [0.29, 0.717) is 6.61 Å². The average molecular weight is 194 g/mol. The fourth-order valence-electron chi connectivity index (χ4n) is 1.16. The molecule has 0 aromatic rings. The van der Waals surface area contributed by atoms with Crippen molar-refractivity contribution in [2.75, 3.05) is 6.61 Å². The van der Waals surface area contributed by atoms with Gasteiger partial charge in [0.25, 0.3) is 0 Å². The zero-order valence-electron chi connectivity index (χ0n) is 8.47. The molecule has 1 N–H and O–H groups in total. The van der Waals surface area contributed by atoms with Gasteiger partial charge in [0, 0.05) is 6.61 Å². The highest BCUT2D eigenvalue weighted by atomic mass is 31.1. The fraction of sp³-hybridized carbons (Fsp3) is 1.00. The Morgan fingerprint density at radius 2 is 1.75 bits per heavy atom. The zero-order valence-corrected chi connectivity index (χ0v) is 9.47. The molecule has 0 bridgehead atoms. The van der Waals surface area contributed by atoms with Crippen LogP contribution >= 0.6 is 7.80 Å². The van der Waals surface area contributed by atoms with Crippen LogP contribution in [-0.4, -0.2) is 22.4 Å². The lowest BCUT2D eigenvalue weighted by Crippen LogP contribution is -2.28. The average Bonchev–Trinajstić information content (AvgIpc) is 1.84. The lowest BCUT2D eigenvalue weighted by molar-refractivity contribution is 0.0448. The Morgan fingerprint density at radius 3 is 2.00 bits per heavy atom. The Balaban J connectivity index is 4.46. The third-order valence-corrected chi connectivity index (χ3v) is 3.96. The second kappa shape index (κ2) is 3.91. The first kappa shape index (κ1) is 12.2. The maximum absolute atomic E-state index is 11.7. The quantitative estimate of drug-likeness (QED) is 0.696. The molecule has 74 valence electrons. The summed E-state index contributed by atoms with van der Waals surface area (Å²) in [4.78, 5) is 0. The van der Waals surface area contributed by atoms with Gasteiger partial charge >= 0.3 is 0 Å². The van der Waals surface area contributed by atoms with Crippen LogP contribution in [0.1, 0.15) is 34.6 Å². The molecule has 0 aliphatic carbocycles. The molecule has 0 rings (SSSR count). The molecule has 3 nitrogen and oxygen atoms in total. The van der Waals surface area contributed by atoms with E-state index in [1.807, 2.05) is 6.92 Å². The number of hydrogen-bond acceptors (Lipinski definition) is 3. The maximum Gasteiger partial charge on any atom is 0.135 e. The summed E-state index contributed by atoms with van der Waals surface area (Å²) in [5.74, 6) is 0. The zero-order chi connectivity index (χ0) is 9.99. The van der Waals surface area contributed by atoms with Crippen molar-refractivity contribution in [3.05, 3.63) is 0 Å². The van der Waals surface area contributed by atoms with Gasteiger partial charge in [-0.15, -0.1) is 0 Å². The summed E-state index contributed by atoms with van der Waals surface area (Å²) in [5, 5.41) is 7.65. The topological polar surface area (TPSA) is 46.5 Å². The van der Waals surface area contributed by atoms with Crippen molar-refractivity contribution in [3.8, 4) is 0 Å². The Hall–Kier alpha value is 0.150. The van der Waals surface area contributed by atoms with Gasteiger partial charge in [-0.1, -0.05) is 0 Å². The first-order valence-corrected chi connectivity index (χ1v) is 5.54. The Labute approximate surface area is 74.9 Å². The molecule has 0 fully saturated rings. The minimum Gasteiger partial charge on any atom is -0.383 e. The van der Waals surface area contributed by atoms with E-state index >= 15 is 0 Å². The summed E-state index contributed by atoms with van der Waals surface area (Å²) >= 11 is 0. The SMILES string of the molecule is CCOC(C)(C)[PH](=O)C(C)(C)O. The van der Waals surface area contributed by atoms with E-state index in [0.717, 1.165) is 0 Å². The molecule has 1 unspecified atom stereocenters.